The van der Waals surface area contributed by atoms with Gasteiger partial charge in [0.05, 0.1) is 12.1 Å². The smallest absolute Gasteiger partial charge is 0.307 e. The van der Waals surface area contributed by atoms with Crippen LogP contribution in [0.1, 0.15) is 23.6 Å². The van der Waals surface area contributed by atoms with Gasteiger partial charge in [-0.05, 0) is 47.9 Å². The van der Waals surface area contributed by atoms with Crippen LogP contribution in [0.4, 0.5) is 0 Å². The Bertz CT molecular complexity index is 1000. The van der Waals surface area contributed by atoms with Gasteiger partial charge in [0, 0.05) is 27.2 Å². The lowest BCUT2D eigenvalue weighted by Crippen LogP contribution is -2.00. The molecular formula is C22H17Cl2NO3. The largest absolute Gasteiger partial charge is 0.487 e. The molecular weight excluding hydrogens is 397 g/mol. The average Bonchev–Trinajstić information content (AvgIpc) is 3.48. The summed E-state index contributed by atoms with van der Waals surface area (Å²) < 4.78 is 5.83. The lowest BCUT2D eigenvalue weighted by molar-refractivity contribution is -0.138. The molecule has 2 atom stereocenters. The molecule has 1 aromatic heterocycles. The number of halogens is 2. The summed E-state index contributed by atoms with van der Waals surface area (Å²) in [6.45, 7) is 0.373. The summed E-state index contributed by atoms with van der Waals surface area (Å²) >= 11 is 12.6. The Balaban J connectivity index is 1.44. The van der Waals surface area contributed by atoms with Gasteiger partial charge in [0.1, 0.15) is 12.4 Å². The molecule has 1 aliphatic carbocycles. The number of hydrogen-bond acceptors (Lipinski definition) is 3. The molecule has 3 aromatic rings. The molecule has 1 fully saturated rings. The molecule has 142 valence electrons. The summed E-state index contributed by atoms with van der Waals surface area (Å²) in [7, 11) is 0. The zero-order chi connectivity index (χ0) is 19.7. The Labute approximate surface area is 172 Å². The molecule has 0 bridgehead atoms. The Hall–Kier alpha value is -2.56. The summed E-state index contributed by atoms with van der Waals surface area (Å²) in [6, 6.07) is 17.0. The van der Waals surface area contributed by atoms with Crippen molar-refractivity contribution >= 4 is 29.2 Å². The Morgan fingerprint density at radius 3 is 2.50 bits per heavy atom. The lowest BCUT2D eigenvalue weighted by atomic mass is 10.0. The first-order valence-corrected chi connectivity index (χ1v) is 9.63. The van der Waals surface area contributed by atoms with Gasteiger partial charge in [-0.3, -0.25) is 9.78 Å². The zero-order valence-corrected chi connectivity index (χ0v) is 16.3. The van der Waals surface area contributed by atoms with E-state index in [1.165, 1.54) is 0 Å². The van der Waals surface area contributed by atoms with Crippen molar-refractivity contribution in [3.8, 4) is 16.9 Å². The van der Waals surface area contributed by atoms with Crippen molar-refractivity contribution in [1.29, 1.82) is 0 Å². The molecule has 0 amide bonds. The summed E-state index contributed by atoms with van der Waals surface area (Å²) in [6.07, 6.45) is 2.29. The topological polar surface area (TPSA) is 59.4 Å². The molecule has 1 N–H and O–H groups in total. The second-order valence-corrected chi connectivity index (χ2v) is 7.61. The molecule has 0 spiro atoms. The third-order valence-corrected chi connectivity index (χ3v) is 5.46. The summed E-state index contributed by atoms with van der Waals surface area (Å²) in [5.74, 6) is -0.412. The van der Waals surface area contributed by atoms with Gasteiger partial charge in [0.25, 0.3) is 0 Å². The van der Waals surface area contributed by atoms with E-state index in [9.17, 15) is 4.79 Å². The van der Waals surface area contributed by atoms with Crippen molar-refractivity contribution in [2.24, 2.45) is 5.92 Å². The quantitative estimate of drug-likeness (QED) is 0.552. The van der Waals surface area contributed by atoms with Gasteiger partial charge < -0.3 is 9.84 Å². The molecule has 0 radical (unpaired) electrons. The number of carboxylic acid groups (broad SMARTS) is 1. The third kappa shape index (κ3) is 3.98. The van der Waals surface area contributed by atoms with Crippen LogP contribution in [0, 0.1) is 5.92 Å². The molecule has 0 unspecified atom stereocenters. The number of aliphatic carboxylic acids is 1. The van der Waals surface area contributed by atoms with E-state index in [4.69, 9.17) is 33.0 Å². The van der Waals surface area contributed by atoms with Crippen molar-refractivity contribution in [3.05, 3.63) is 82.1 Å². The predicted octanol–water partition coefficient (Wildman–Crippen LogP) is 5.82. The summed E-state index contributed by atoms with van der Waals surface area (Å²) in [4.78, 5) is 15.3. The van der Waals surface area contributed by atoms with E-state index in [1.54, 1.807) is 6.20 Å². The van der Waals surface area contributed by atoms with Crippen LogP contribution < -0.4 is 4.74 Å². The van der Waals surface area contributed by atoms with Crippen molar-refractivity contribution in [3.63, 3.8) is 0 Å². The highest BCUT2D eigenvalue weighted by Gasteiger charge is 2.45. The first-order valence-electron chi connectivity index (χ1n) is 8.88. The Kier molecular flexibility index (Phi) is 5.25. The Morgan fingerprint density at radius 1 is 1.11 bits per heavy atom. The zero-order valence-electron chi connectivity index (χ0n) is 14.8. The van der Waals surface area contributed by atoms with E-state index >= 15 is 0 Å². The molecule has 4 rings (SSSR count). The number of aromatic nitrogens is 1. The highest BCUT2D eigenvalue weighted by molar-refractivity contribution is 6.39. The second-order valence-electron chi connectivity index (χ2n) is 6.79. The molecule has 0 saturated heterocycles. The molecule has 28 heavy (non-hydrogen) atoms. The third-order valence-electron chi connectivity index (χ3n) is 4.83. The highest BCUT2D eigenvalue weighted by Crippen LogP contribution is 2.46. The number of carbonyl (C=O) groups is 1. The molecule has 2 aromatic carbocycles. The Morgan fingerprint density at radius 2 is 1.86 bits per heavy atom. The van der Waals surface area contributed by atoms with E-state index in [1.807, 2.05) is 54.6 Å². The van der Waals surface area contributed by atoms with Gasteiger partial charge in [-0.1, -0.05) is 47.5 Å². The van der Waals surface area contributed by atoms with Gasteiger partial charge in [0.15, 0.2) is 0 Å². The van der Waals surface area contributed by atoms with Gasteiger partial charge in [0.2, 0.25) is 0 Å². The number of carboxylic acids is 1. The fourth-order valence-corrected chi connectivity index (χ4v) is 3.86. The van der Waals surface area contributed by atoms with Crippen LogP contribution >= 0.6 is 23.2 Å². The van der Waals surface area contributed by atoms with E-state index < -0.39 is 5.97 Å². The number of hydrogen-bond donors (Lipinski definition) is 1. The number of ether oxygens (including phenoxy) is 1. The minimum atomic E-state index is -0.759. The second kappa shape index (κ2) is 7.82. The first kappa shape index (κ1) is 18.8. The van der Waals surface area contributed by atoms with Crippen LogP contribution in [-0.2, 0) is 11.4 Å². The maximum Gasteiger partial charge on any atom is 0.307 e. The van der Waals surface area contributed by atoms with E-state index in [2.05, 4.69) is 4.98 Å². The molecule has 6 heteroatoms. The van der Waals surface area contributed by atoms with Gasteiger partial charge in [-0.2, -0.15) is 0 Å². The normalized spacial score (nSPS) is 17.9. The van der Waals surface area contributed by atoms with Gasteiger partial charge >= 0.3 is 5.97 Å². The number of nitrogens with zero attached hydrogens (tertiary/aromatic N) is 1. The number of pyridine rings is 1. The summed E-state index contributed by atoms with van der Waals surface area (Å²) in [5.41, 5.74) is 3.51. The fraction of sp³-hybridized carbons (Fsp3) is 0.182. The molecule has 1 saturated carbocycles. The van der Waals surface area contributed by atoms with Crippen molar-refractivity contribution in [2.45, 2.75) is 18.9 Å². The molecule has 1 aliphatic rings. The first-order chi connectivity index (χ1) is 13.5. The minimum absolute atomic E-state index is 0.0172. The van der Waals surface area contributed by atoms with Crippen molar-refractivity contribution in [1.82, 2.24) is 4.98 Å². The fourth-order valence-electron chi connectivity index (χ4n) is 3.25. The maximum absolute atomic E-state index is 11.0. The molecule has 4 nitrogen and oxygen atoms in total. The maximum atomic E-state index is 11.0. The standard InChI is InChI=1S/C22H17Cl2NO3/c23-18-5-2-6-19(24)21(18)14-4-1-3-13(9-14)12-28-15-7-8-20(25-11-15)16-10-17(16)22(26)27/h1-9,11,16-17H,10,12H2,(H,26,27)/t16-,17-/m0/s1. The number of benzene rings is 2. The monoisotopic (exact) mass is 413 g/mol. The van der Waals surface area contributed by atoms with Crippen LogP contribution in [0.3, 0.4) is 0 Å². The van der Waals surface area contributed by atoms with E-state index in [0.717, 1.165) is 22.4 Å². The molecule has 1 heterocycles. The predicted molar refractivity (Wildman–Crippen MR) is 109 cm³/mol. The van der Waals surface area contributed by atoms with Gasteiger partial charge in [-0.25, -0.2) is 0 Å². The average molecular weight is 414 g/mol. The minimum Gasteiger partial charge on any atom is -0.487 e. The molecule has 0 aliphatic heterocycles. The van der Waals surface area contributed by atoms with E-state index in [-0.39, 0.29) is 11.8 Å². The van der Waals surface area contributed by atoms with Crippen molar-refractivity contribution in [2.75, 3.05) is 0 Å². The van der Waals surface area contributed by atoms with Crippen molar-refractivity contribution < 1.29 is 14.6 Å². The highest BCUT2D eigenvalue weighted by atomic mass is 35.5. The van der Waals surface area contributed by atoms with E-state index in [0.29, 0.717) is 28.8 Å². The van der Waals surface area contributed by atoms with Crippen LogP contribution in [0.15, 0.2) is 60.8 Å². The number of rotatable bonds is 6. The van der Waals surface area contributed by atoms with Gasteiger partial charge in [-0.15, -0.1) is 0 Å². The van der Waals surface area contributed by atoms with Crippen LogP contribution in [0.5, 0.6) is 5.75 Å². The van der Waals surface area contributed by atoms with Crippen LogP contribution in [0.25, 0.3) is 11.1 Å². The summed E-state index contributed by atoms with van der Waals surface area (Å²) in [5, 5.41) is 10.2. The van der Waals surface area contributed by atoms with Crippen LogP contribution in [-0.4, -0.2) is 16.1 Å². The SMILES string of the molecule is O=C(O)[C@H]1C[C@@H]1c1ccc(OCc2cccc(-c3c(Cl)cccc3Cl)c2)cn1. The van der Waals surface area contributed by atoms with Crippen LogP contribution in [0.2, 0.25) is 10.0 Å². The lowest BCUT2D eigenvalue weighted by Gasteiger charge is -2.10.